The molecule has 134 valence electrons. The van der Waals surface area contributed by atoms with Crippen LogP contribution in [0.2, 0.25) is 5.02 Å². The summed E-state index contributed by atoms with van der Waals surface area (Å²) >= 11 is 6.07. The number of amides is 1. The summed E-state index contributed by atoms with van der Waals surface area (Å²) in [6, 6.07) is 5.31. The number of hydrogen-bond acceptors (Lipinski definition) is 3. The zero-order valence-electron chi connectivity index (χ0n) is 13.9. The van der Waals surface area contributed by atoms with Gasteiger partial charge < -0.3 is 15.4 Å². The van der Waals surface area contributed by atoms with E-state index in [0.29, 0.717) is 28.8 Å². The van der Waals surface area contributed by atoms with Gasteiger partial charge >= 0.3 is 0 Å². The molecule has 1 amide bonds. The molecule has 3 rings (SSSR count). The number of hydrogen-bond donors (Lipinski definition) is 2. The third kappa shape index (κ3) is 5.27. The maximum absolute atomic E-state index is 12.5. The molecule has 4 nitrogen and oxygen atoms in total. The molecular weight excluding hydrogens is 347 g/mol. The molecule has 24 heavy (non-hydrogen) atoms. The van der Waals surface area contributed by atoms with Crippen molar-refractivity contribution in [2.24, 2.45) is 5.92 Å². The summed E-state index contributed by atoms with van der Waals surface area (Å²) in [5.74, 6) is 1.23. The van der Waals surface area contributed by atoms with Crippen molar-refractivity contribution >= 4 is 29.9 Å². The molecule has 6 heteroatoms. The smallest absolute Gasteiger partial charge is 0.255 e. The van der Waals surface area contributed by atoms with Crippen LogP contribution in [0.15, 0.2) is 18.2 Å². The van der Waals surface area contributed by atoms with Crippen LogP contribution in [-0.4, -0.2) is 31.6 Å². The Bertz CT molecular complexity index is 542. The minimum atomic E-state index is -0.0912. The van der Waals surface area contributed by atoms with Crippen LogP contribution < -0.4 is 15.4 Å². The van der Waals surface area contributed by atoms with Gasteiger partial charge in [-0.15, -0.1) is 12.4 Å². The molecule has 2 aliphatic rings. The molecule has 2 fully saturated rings. The van der Waals surface area contributed by atoms with Crippen molar-refractivity contribution in [2.75, 3.05) is 19.6 Å². The second kappa shape index (κ2) is 9.50. The minimum absolute atomic E-state index is 0. The summed E-state index contributed by atoms with van der Waals surface area (Å²) in [5, 5.41) is 6.93. The number of ether oxygens (including phenoxy) is 1. The van der Waals surface area contributed by atoms with Gasteiger partial charge in [0.05, 0.1) is 11.7 Å². The van der Waals surface area contributed by atoms with Gasteiger partial charge in [0, 0.05) is 11.6 Å². The molecule has 2 N–H and O–H groups in total. The lowest BCUT2D eigenvalue weighted by Crippen LogP contribution is -2.27. The zero-order chi connectivity index (χ0) is 16.1. The molecule has 0 spiro atoms. The van der Waals surface area contributed by atoms with Crippen LogP contribution in [0.25, 0.3) is 0 Å². The van der Waals surface area contributed by atoms with Crippen LogP contribution in [0.1, 0.15) is 48.9 Å². The predicted molar refractivity (Wildman–Crippen MR) is 99.5 cm³/mol. The lowest BCUT2D eigenvalue weighted by atomic mass is 10.1. The van der Waals surface area contributed by atoms with E-state index < -0.39 is 0 Å². The summed E-state index contributed by atoms with van der Waals surface area (Å²) in [5.41, 5.74) is 0.550. The summed E-state index contributed by atoms with van der Waals surface area (Å²) in [4.78, 5) is 12.5. The van der Waals surface area contributed by atoms with E-state index in [9.17, 15) is 4.79 Å². The van der Waals surface area contributed by atoms with E-state index in [1.165, 1.54) is 19.3 Å². The molecule has 0 bridgehead atoms. The van der Waals surface area contributed by atoms with Gasteiger partial charge in [0.15, 0.2) is 0 Å². The Morgan fingerprint density at radius 2 is 2.08 bits per heavy atom. The van der Waals surface area contributed by atoms with Crippen molar-refractivity contribution in [3.05, 3.63) is 28.8 Å². The normalized spacial score (nSPS) is 20.6. The molecule has 1 saturated carbocycles. The lowest BCUT2D eigenvalue weighted by molar-refractivity contribution is 0.0944. The SMILES string of the molecule is Cl.O=C(NCCC1CCNC1)c1cc(Cl)ccc1OC1CCCC1. The summed E-state index contributed by atoms with van der Waals surface area (Å²) < 4.78 is 6.03. The molecule has 1 atom stereocenters. The average Bonchev–Trinajstić information content (AvgIpc) is 3.22. The van der Waals surface area contributed by atoms with Gasteiger partial charge in [0.1, 0.15) is 5.75 Å². The number of benzene rings is 1. The van der Waals surface area contributed by atoms with Crippen LogP contribution in [0, 0.1) is 5.92 Å². The average molecular weight is 373 g/mol. The fourth-order valence-corrected chi connectivity index (χ4v) is 3.59. The summed E-state index contributed by atoms with van der Waals surface area (Å²) in [6.45, 7) is 2.84. The molecule has 1 saturated heterocycles. The molecule has 1 aliphatic carbocycles. The number of rotatable bonds is 6. The molecular formula is C18H26Cl2N2O2. The van der Waals surface area contributed by atoms with Gasteiger partial charge in [-0.2, -0.15) is 0 Å². The third-order valence-corrected chi connectivity index (χ3v) is 5.02. The van der Waals surface area contributed by atoms with Gasteiger partial charge in [-0.05, 0) is 75.7 Å². The highest BCUT2D eigenvalue weighted by atomic mass is 35.5. The Morgan fingerprint density at radius 1 is 1.29 bits per heavy atom. The largest absolute Gasteiger partial charge is 0.490 e. The minimum Gasteiger partial charge on any atom is -0.490 e. The number of carbonyl (C=O) groups is 1. The van der Waals surface area contributed by atoms with E-state index in [-0.39, 0.29) is 24.4 Å². The quantitative estimate of drug-likeness (QED) is 0.797. The Balaban J connectivity index is 0.00000208. The molecule has 0 radical (unpaired) electrons. The highest BCUT2D eigenvalue weighted by molar-refractivity contribution is 6.31. The van der Waals surface area contributed by atoms with E-state index in [1.54, 1.807) is 12.1 Å². The second-order valence-corrected chi connectivity index (χ2v) is 7.00. The van der Waals surface area contributed by atoms with Crippen molar-refractivity contribution in [3.63, 3.8) is 0 Å². The van der Waals surface area contributed by atoms with Crippen LogP contribution in [0.5, 0.6) is 5.75 Å². The lowest BCUT2D eigenvalue weighted by Gasteiger charge is -2.17. The summed E-state index contributed by atoms with van der Waals surface area (Å²) in [7, 11) is 0. The van der Waals surface area contributed by atoms with Crippen LogP contribution >= 0.6 is 24.0 Å². The first-order valence-electron chi connectivity index (χ1n) is 8.67. The fourth-order valence-electron chi connectivity index (χ4n) is 3.41. The zero-order valence-corrected chi connectivity index (χ0v) is 15.4. The van der Waals surface area contributed by atoms with Crippen molar-refractivity contribution in [2.45, 2.75) is 44.6 Å². The molecule has 1 unspecified atom stereocenters. The number of nitrogens with one attached hydrogen (secondary N) is 2. The Labute approximate surface area is 155 Å². The van der Waals surface area contributed by atoms with Crippen LogP contribution in [0.4, 0.5) is 0 Å². The number of carbonyl (C=O) groups excluding carboxylic acids is 1. The second-order valence-electron chi connectivity index (χ2n) is 6.57. The van der Waals surface area contributed by atoms with Gasteiger partial charge in [-0.1, -0.05) is 11.6 Å². The van der Waals surface area contributed by atoms with E-state index in [2.05, 4.69) is 10.6 Å². The first kappa shape index (κ1) is 19.4. The maximum atomic E-state index is 12.5. The van der Waals surface area contributed by atoms with Crippen molar-refractivity contribution < 1.29 is 9.53 Å². The van der Waals surface area contributed by atoms with E-state index >= 15 is 0 Å². The van der Waals surface area contributed by atoms with Gasteiger partial charge in [0.2, 0.25) is 0 Å². The topological polar surface area (TPSA) is 50.4 Å². The van der Waals surface area contributed by atoms with Gasteiger partial charge in [-0.25, -0.2) is 0 Å². The van der Waals surface area contributed by atoms with Gasteiger partial charge in [0.25, 0.3) is 5.91 Å². The summed E-state index contributed by atoms with van der Waals surface area (Å²) in [6.07, 6.45) is 6.98. The van der Waals surface area contributed by atoms with Crippen molar-refractivity contribution in [1.29, 1.82) is 0 Å². The monoisotopic (exact) mass is 372 g/mol. The standard InChI is InChI=1S/C18H25ClN2O2.ClH/c19-14-5-6-17(23-15-3-1-2-4-15)16(11-14)18(22)21-10-8-13-7-9-20-12-13;/h5-6,11,13,15,20H,1-4,7-10,12H2,(H,21,22);1H. The van der Waals surface area contributed by atoms with Gasteiger partial charge in [-0.3, -0.25) is 4.79 Å². The molecule has 1 aromatic rings. The first-order chi connectivity index (χ1) is 11.2. The fraction of sp³-hybridized carbons (Fsp3) is 0.611. The van der Waals surface area contributed by atoms with Crippen molar-refractivity contribution in [1.82, 2.24) is 10.6 Å². The van der Waals surface area contributed by atoms with E-state index in [0.717, 1.165) is 32.4 Å². The first-order valence-corrected chi connectivity index (χ1v) is 9.05. The molecule has 0 aromatic heterocycles. The Hall–Kier alpha value is -0.970. The molecule has 1 aromatic carbocycles. The Kier molecular flexibility index (Phi) is 7.66. The van der Waals surface area contributed by atoms with Crippen LogP contribution in [0.3, 0.4) is 0 Å². The molecule has 1 aliphatic heterocycles. The number of halogens is 2. The highest BCUT2D eigenvalue weighted by Crippen LogP contribution is 2.28. The maximum Gasteiger partial charge on any atom is 0.255 e. The van der Waals surface area contributed by atoms with E-state index in [1.807, 2.05) is 6.07 Å². The van der Waals surface area contributed by atoms with Crippen LogP contribution in [-0.2, 0) is 0 Å². The highest BCUT2D eigenvalue weighted by Gasteiger charge is 2.21. The Morgan fingerprint density at radius 3 is 2.79 bits per heavy atom. The predicted octanol–water partition coefficient (Wildman–Crippen LogP) is 3.81. The molecule has 1 heterocycles. The third-order valence-electron chi connectivity index (χ3n) is 4.78. The van der Waals surface area contributed by atoms with Crippen molar-refractivity contribution in [3.8, 4) is 5.75 Å². The van der Waals surface area contributed by atoms with E-state index in [4.69, 9.17) is 16.3 Å².